The van der Waals surface area contributed by atoms with Gasteiger partial charge in [0.2, 0.25) is 0 Å². The van der Waals surface area contributed by atoms with Crippen molar-refractivity contribution in [3.8, 4) is 0 Å². The molecular weight excluding hydrogens is 270 g/mol. The van der Waals surface area contributed by atoms with Gasteiger partial charge in [-0.25, -0.2) is 9.78 Å². The van der Waals surface area contributed by atoms with Crippen molar-refractivity contribution in [2.75, 3.05) is 25.5 Å². The van der Waals surface area contributed by atoms with E-state index in [2.05, 4.69) is 11.9 Å². The summed E-state index contributed by atoms with van der Waals surface area (Å²) < 4.78 is 0. The maximum Gasteiger partial charge on any atom is 0.326 e. The molecule has 1 aliphatic heterocycles. The average Bonchev–Trinajstić information content (AvgIpc) is 2.46. The van der Waals surface area contributed by atoms with Crippen LogP contribution in [0, 0.1) is 5.92 Å². The van der Waals surface area contributed by atoms with Gasteiger partial charge in [-0.3, -0.25) is 4.79 Å². The summed E-state index contributed by atoms with van der Waals surface area (Å²) in [6.45, 7) is 2.74. The van der Waals surface area contributed by atoms with Gasteiger partial charge in [0, 0.05) is 26.8 Å². The highest BCUT2D eigenvalue weighted by Crippen LogP contribution is 2.27. The van der Waals surface area contributed by atoms with E-state index in [-0.39, 0.29) is 5.91 Å². The van der Waals surface area contributed by atoms with Gasteiger partial charge in [-0.05, 0) is 30.9 Å². The molecule has 0 radical (unpaired) electrons. The van der Waals surface area contributed by atoms with E-state index in [1.165, 1.54) is 11.1 Å². The maximum absolute atomic E-state index is 11.8. The molecule has 114 valence electrons. The lowest BCUT2D eigenvalue weighted by Crippen LogP contribution is -2.47. The lowest BCUT2D eigenvalue weighted by molar-refractivity contribution is -0.139. The lowest BCUT2D eigenvalue weighted by Gasteiger charge is -2.36. The normalized spacial score (nSPS) is 22.0. The summed E-state index contributed by atoms with van der Waals surface area (Å²) in [7, 11) is 3.37. The lowest BCUT2D eigenvalue weighted by atomic mass is 9.92. The van der Waals surface area contributed by atoms with Crippen LogP contribution >= 0.6 is 0 Å². The molecule has 6 nitrogen and oxygen atoms in total. The molecule has 1 aromatic heterocycles. The second kappa shape index (κ2) is 6.11. The van der Waals surface area contributed by atoms with Crippen LogP contribution < -0.4 is 4.90 Å². The molecule has 1 fully saturated rings. The molecule has 0 aromatic carbocycles. The molecule has 6 heteroatoms. The van der Waals surface area contributed by atoms with Crippen molar-refractivity contribution < 1.29 is 14.7 Å². The Morgan fingerprint density at radius 2 is 2.10 bits per heavy atom. The molecule has 1 aromatic rings. The monoisotopic (exact) mass is 291 g/mol. The molecule has 2 rings (SSSR count). The Morgan fingerprint density at radius 1 is 1.38 bits per heavy atom. The summed E-state index contributed by atoms with van der Waals surface area (Å²) >= 11 is 0. The summed E-state index contributed by atoms with van der Waals surface area (Å²) in [4.78, 5) is 30.8. The number of amides is 1. The smallest absolute Gasteiger partial charge is 0.326 e. The summed E-state index contributed by atoms with van der Waals surface area (Å²) in [5.74, 6) is 0.0782. The Hall–Kier alpha value is -2.11. The van der Waals surface area contributed by atoms with Crippen LogP contribution in [0.5, 0.6) is 0 Å². The van der Waals surface area contributed by atoms with Crippen molar-refractivity contribution in [2.24, 2.45) is 5.92 Å². The number of anilines is 1. The molecule has 2 heterocycles. The number of carbonyl (C=O) groups excluding carboxylic acids is 1. The molecule has 0 spiro atoms. The predicted octanol–water partition coefficient (Wildman–Crippen LogP) is 1.47. The summed E-state index contributed by atoms with van der Waals surface area (Å²) in [6.07, 6.45) is 3.08. The number of hydrogen-bond donors (Lipinski definition) is 1. The third-order valence-corrected chi connectivity index (χ3v) is 3.84. The molecule has 1 amide bonds. The average molecular weight is 291 g/mol. The zero-order valence-electron chi connectivity index (χ0n) is 12.6. The van der Waals surface area contributed by atoms with Crippen LogP contribution in [0.2, 0.25) is 0 Å². The molecule has 1 saturated heterocycles. The fourth-order valence-electron chi connectivity index (χ4n) is 2.59. The number of carboxylic acid groups (broad SMARTS) is 1. The SMILES string of the molecule is CC1CCN(c2ccc(C(=O)N(C)C)cn2)C(C(=O)O)C1. The van der Waals surface area contributed by atoms with Gasteiger partial charge in [0.25, 0.3) is 5.91 Å². The number of nitrogens with zero attached hydrogens (tertiary/aromatic N) is 3. The number of aromatic nitrogens is 1. The number of carboxylic acids is 1. The summed E-state index contributed by atoms with van der Waals surface area (Å²) in [5.41, 5.74) is 0.501. The highest BCUT2D eigenvalue weighted by molar-refractivity contribution is 5.93. The second-order valence-electron chi connectivity index (χ2n) is 5.78. The third-order valence-electron chi connectivity index (χ3n) is 3.84. The van der Waals surface area contributed by atoms with Crippen molar-refractivity contribution in [1.82, 2.24) is 9.88 Å². The quantitative estimate of drug-likeness (QED) is 0.913. The number of rotatable bonds is 3. The molecule has 0 bridgehead atoms. The van der Waals surface area contributed by atoms with Gasteiger partial charge < -0.3 is 14.9 Å². The predicted molar refractivity (Wildman–Crippen MR) is 79.4 cm³/mol. The highest BCUT2D eigenvalue weighted by atomic mass is 16.4. The van der Waals surface area contributed by atoms with E-state index >= 15 is 0 Å². The molecule has 2 unspecified atom stereocenters. The van der Waals surface area contributed by atoms with Gasteiger partial charge >= 0.3 is 5.97 Å². The maximum atomic E-state index is 11.8. The standard InChI is InChI=1S/C15H21N3O3/c1-10-6-7-18(12(8-10)15(20)21)13-5-4-11(9-16-13)14(19)17(2)3/h4-5,9-10,12H,6-8H2,1-3H3,(H,20,21). The molecule has 21 heavy (non-hydrogen) atoms. The van der Waals surface area contributed by atoms with Gasteiger partial charge in [-0.15, -0.1) is 0 Å². The Morgan fingerprint density at radius 3 is 2.62 bits per heavy atom. The second-order valence-corrected chi connectivity index (χ2v) is 5.78. The topological polar surface area (TPSA) is 73.7 Å². The third kappa shape index (κ3) is 3.32. The first kappa shape index (κ1) is 15.3. The van der Waals surface area contributed by atoms with Crippen molar-refractivity contribution in [3.63, 3.8) is 0 Å². The van der Waals surface area contributed by atoms with Gasteiger partial charge in [-0.2, -0.15) is 0 Å². The van der Waals surface area contributed by atoms with E-state index < -0.39 is 12.0 Å². The van der Waals surface area contributed by atoms with Crippen molar-refractivity contribution in [1.29, 1.82) is 0 Å². The van der Waals surface area contributed by atoms with Crippen LogP contribution in [0.3, 0.4) is 0 Å². The number of piperidine rings is 1. The van der Waals surface area contributed by atoms with Crippen molar-refractivity contribution >= 4 is 17.7 Å². The van der Waals surface area contributed by atoms with Crippen molar-refractivity contribution in [3.05, 3.63) is 23.9 Å². The van der Waals surface area contributed by atoms with Crippen LogP contribution in [-0.2, 0) is 4.79 Å². The van der Waals surface area contributed by atoms with Gasteiger partial charge in [-0.1, -0.05) is 6.92 Å². The van der Waals surface area contributed by atoms with E-state index in [1.54, 1.807) is 26.2 Å². The molecular formula is C15H21N3O3. The van der Waals surface area contributed by atoms with Crippen LogP contribution in [0.25, 0.3) is 0 Å². The van der Waals surface area contributed by atoms with E-state index in [1.807, 2.05) is 4.90 Å². The van der Waals surface area contributed by atoms with Crippen molar-refractivity contribution in [2.45, 2.75) is 25.8 Å². The Balaban J connectivity index is 2.21. The first-order valence-corrected chi connectivity index (χ1v) is 7.07. The zero-order valence-corrected chi connectivity index (χ0v) is 12.6. The van der Waals surface area contributed by atoms with Crippen LogP contribution in [0.15, 0.2) is 18.3 Å². The summed E-state index contributed by atoms with van der Waals surface area (Å²) in [6, 6.07) is 2.88. The Kier molecular flexibility index (Phi) is 4.45. The number of hydrogen-bond acceptors (Lipinski definition) is 4. The number of pyridine rings is 1. The molecule has 0 saturated carbocycles. The summed E-state index contributed by atoms with van der Waals surface area (Å²) in [5, 5.41) is 9.37. The van der Waals surface area contributed by atoms with Crippen LogP contribution in [-0.4, -0.2) is 53.5 Å². The molecule has 0 aliphatic carbocycles. The number of carbonyl (C=O) groups is 2. The molecule has 1 N–H and O–H groups in total. The Labute approximate surface area is 124 Å². The van der Waals surface area contributed by atoms with Crippen LogP contribution in [0.4, 0.5) is 5.82 Å². The fraction of sp³-hybridized carbons (Fsp3) is 0.533. The minimum Gasteiger partial charge on any atom is -0.480 e. The molecule has 1 aliphatic rings. The minimum absolute atomic E-state index is 0.115. The van der Waals surface area contributed by atoms with Gasteiger partial charge in [0.05, 0.1) is 5.56 Å². The number of aliphatic carboxylic acids is 1. The highest BCUT2D eigenvalue weighted by Gasteiger charge is 2.32. The largest absolute Gasteiger partial charge is 0.480 e. The first-order valence-electron chi connectivity index (χ1n) is 7.07. The fourth-order valence-corrected chi connectivity index (χ4v) is 2.59. The zero-order chi connectivity index (χ0) is 15.6. The van der Waals surface area contributed by atoms with E-state index in [4.69, 9.17) is 0 Å². The van der Waals surface area contributed by atoms with E-state index in [0.717, 1.165) is 6.42 Å². The minimum atomic E-state index is -0.822. The van der Waals surface area contributed by atoms with E-state index in [9.17, 15) is 14.7 Å². The first-order chi connectivity index (χ1) is 9.90. The Bertz CT molecular complexity index is 527. The van der Waals surface area contributed by atoms with Gasteiger partial charge in [0.1, 0.15) is 11.9 Å². The van der Waals surface area contributed by atoms with Crippen LogP contribution in [0.1, 0.15) is 30.1 Å². The molecule has 2 atom stereocenters. The van der Waals surface area contributed by atoms with Gasteiger partial charge in [0.15, 0.2) is 0 Å². The van der Waals surface area contributed by atoms with E-state index in [0.29, 0.717) is 30.3 Å².